The van der Waals surface area contributed by atoms with E-state index < -0.39 is 0 Å². The molecular formula is C14H19N3. The number of aromatic amines is 1. The van der Waals surface area contributed by atoms with Crippen LogP contribution in [0.5, 0.6) is 0 Å². The summed E-state index contributed by atoms with van der Waals surface area (Å²) < 4.78 is 0. The molecular weight excluding hydrogens is 210 g/mol. The highest BCUT2D eigenvalue weighted by Gasteiger charge is 2.02. The Morgan fingerprint density at radius 2 is 2.06 bits per heavy atom. The Labute approximate surface area is 102 Å². The minimum atomic E-state index is 0.513. The molecule has 1 atom stereocenters. The quantitative estimate of drug-likeness (QED) is 0.799. The van der Waals surface area contributed by atoms with Gasteiger partial charge < -0.3 is 5.32 Å². The Morgan fingerprint density at radius 1 is 1.24 bits per heavy atom. The largest absolute Gasteiger partial charge is 0.309 e. The Kier molecular flexibility index (Phi) is 4.33. The van der Waals surface area contributed by atoms with E-state index in [9.17, 15) is 0 Å². The second-order valence-corrected chi connectivity index (χ2v) is 4.39. The standard InChI is InChI=1S/C14H19N3/c1-12(15-11-14-9-10-16-17-14)7-8-13-5-3-2-4-6-13/h2-6,9-10,12,15H,7-8,11H2,1H3,(H,16,17). The first-order valence-electron chi connectivity index (χ1n) is 6.10. The van der Waals surface area contributed by atoms with Gasteiger partial charge in [-0.05, 0) is 31.4 Å². The van der Waals surface area contributed by atoms with Gasteiger partial charge >= 0.3 is 0 Å². The Hall–Kier alpha value is -1.61. The number of hydrogen-bond acceptors (Lipinski definition) is 2. The Bertz CT molecular complexity index is 408. The van der Waals surface area contributed by atoms with Crippen LogP contribution in [-0.4, -0.2) is 16.2 Å². The van der Waals surface area contributed by atoms with Crippen molar-refractivity contribution in [3.8, 4) is 0 Å². The van der Waals surface area contributed by atoms with Crippen LogP contribution in [0.25, 0.3) is 0 Å². The maximum Gasteiger partial charge on any atom is 0.0490 e. The summed E-state index contributed by atoms with van der Waals surface area (Å²) in [6, 6.07) is 13.1. The van der Waals surface area contributed by atoms with Crippen molar-refractivity contribution in [2.24, 2.45) is 0 Å². The highest BCUT2D eigenvalue weighted by Crippen LogP contribution is 2.05. The van der Waals surface area contributed by atoms with Crippen LogP contribution in [0.1, 0.15) is 24.6 Å². The van der Waals surface area contributed by atoms with Gasteiger partial charge in [-0.1, -0.05) is 30.3 Å². The Morgan fingerprint density at radius 3 is 2.76 bits per heavy atom. The van der Waals surface area contributed by atoms with Crippen LogP contribution in [0.15, 0.2) is 42.6 Å². The van der Waals surface area contributed by atoms with Gasteiger partial charge in [0.1, 0.15) is 0 Å². The molecule has 0 fully saturated rings. The lowest BCUT2D eigenvalue weighted by molar-refractivity contribution is 0.509. The van der Waals surface area contributed by atoms with E-state index in [4.69, 9.17) is 0 Å². The summed E-state index contributed by atoms with van der Waals surface area (Å²) >= 11 is 0. The molecule has 0 aliphatic rings. The van der Waals surface area contributed by atoms with E-state index in [1.807, 2.05) is 6.07 Å². The molecule has 2 N–H and O–H groups in total. The van der Waals surface area contributed by atoms with E-state index in [1.165, 1.54) is 5.56 Å². The summed E-state index contributed by atoms with van der Waals surface area (Å²) in [7, 11) is 0. The van der Waals surface area contributed by atoms with Crippen molar-refractivity contribution < 1.29 is 0 Å². The highest BCUT2D eigenvalue weighted by molar-refractivity contribution is 5.14. The van der Waals surface area contributed by atoms with Crippen molar-refractivity contribution in [3.63, 3.8) is 0 Å². The van der Waals surface area contributed by atoms with Gasteiger partial charge in [-0.25, -0.2) is 0 Å². The monoisotopic (exact) mass is 229 g/mol. The molecule has 90 valence electrons. The molecule has 0 bridgehead atoms. The molecule has 0 aliphatic carbocycles. The molecule has 0 saturated carbocycles. The highest BCUT2D eigenvalue weighted by atomic mass is 15.1. The third-order valence-electron chi connectivity index (χ3n) is 2.91. The lowest BCUT2D eigenvalue weighted by Gasteiger charge is -2.12. The smallest absolute Gasteiger partial charge is 0.0490 e. The van der Waals surface area contributed by atoms with E-state index in [1.54, 1.807) is 6.20 Å². The molecule has 0 aliphatic heterocycles. The first kappa shape index (κ1) is 11.9. The maximum atomic E-state index is 3.93. The average molecular weight is 229 g/mol. The number of aryl methyl sites for hydroxylation is 1. The molecule has 1 heterocycles. The van der Waals surface area contributed by atoms with Crippen molar-refractivity contribution in [2.75, 3.05) is 0 Å². The third-order valence-corrected chi connectivity index (χ3v) is 2.91. The van der Waals surface area contributed by atoms with Crippen LogP contribution in [0.4, 0.5) is 0 Å². The van der Waals surface area contributed by atoms with E-state index in [2.05, 4.69) is 52.8 Å². The number of rotatable bonds is 6. The van der Waals surface area contributed by atoms with Gasteiger partial charge in [-0.3, -0.25) is 5.10 Å². The number of aromatic nitrogens is 2. The van der Waals surface area contributed by atoms with Crippen LogP contribution in [0, 0.1) is 0 Å². The summed E-state index contributed by atoms with van der Waals surface area (Å²) in [6.45, 7) is 3.08. The molecule has 2 rings (SSSR count). The molecule has 1 aromatic carbocycles. The normalized spacial score (nSPS) is 12.5. The van der Waals surface area contributed by atoms with Crippen molar-refractivity contribution >= 4 is 0 Å². The number of benzene rings is 1. The van der Waals surface area contributed by atoms with Crippen molar-refractivity contribution in [1.82, 2.24) is 15.5 Å². The molecule has 0 amide bonds. The lowest BCUT2D eigenvalue weighted by Crippen LogP contribution is -2.26. The van der Waals surface area contributed by atoms with Crippen molar-refractivity contribution in [2.45, 2.75) is 32.4 Å². The van der Waals surface area contributed by atoms with E-state index in [-0.39, 0.29) is 0 Å². The first-order valence-corrected chi connectivity index (χ1v) is 6.10. The topological polar surface area (TPSA) is 40.7 Å². The van der Waals surface area contributed by atoms with Crippen LogP contribution < -0.4 is 5.32 Å². The van der Waals surface area contributed by atoms with Crippen LogP contribution in [0.3, 0.4) is 0 Å². The zero-order chi connectivity index (χ0) is 11.9. The Balaban J connectivity index is 1.69. The maximum absolute atomic E-state index is 3.93. The van der Waals surface area contributed by atoms with E-state index in [0.29, 0.717) is 6.04 Å². The zero-order valence-corrected chi connectivity index (χ0v) is 10.2. The minimum absolute atomic E-state index is 0.513. The SMILES string of the molecule is CC(CCc1ccccc1)NCc1ccn[nH]1. The molecule has 0 saturated heterocycles. The van der Waals surface area contributed by atoms with Crippen LogP contribution >= 0.6 is 0 Å². The van der Waals surface area contributed by atoms with Crippen LogP contribution in [-0.2, 0) is 13.0 Å². The summed E-state index contributed by atoms with van der Waals surface area (Å²) in [5.74, 6) is 0. The van der Waals surface area contributed by atoms with Gasteiger partial charge in [-0.15, -0.1) is 0 Å². The van der Waals surface area contributed by atoms with Crippen LogP contribution in [0.2, 0.25) is 0 Å². The molecule has 0 spiro atoms. The van der Waals surface area contributed by atoms with Crippen molar-refractivity contribution in [1.29, 1.82) is 0 Å². The molecule has 2 aromatic rings. The molecule has 3 heteroatoms. The average Bonchev–Trinajstić information content (AvgIpc) is 2.88. The van der Waals surface area contributed by atoms with E-state index >= 15 is 0 Å². The summed E-state index contributed by atoms with van der Waals surface area (Å²) in [6.07, 6.45) is 4.06. The van der Waals surface area contributed by atoms with E-state index in [0.717, 1.165) is 25.1 Å². The lowest BCUT2D eigenvalue weighted by atomic mass is 10.1. The summed E-state index contributed by atoms with van der Waals surface area (Å²) in [5.41, 5.74) is 2.54. The van der Waals surface area contributed by atoms with Gasteiger partial charge in [-0.2, -0.15) is 5.10 Å². The number of H-pyrrole nitrogens is 1. The molecule has 1 aromatic heterocycles. The van der Waals surface area contributed by atoms with Crippen molar-refractivity contribution in [3.05, 3.63) is 53.9 Å². The molecule has 17 heavy (non-hydrogen) atoms. The molecule has 3 nitrogen and oxygen atoms in total. The van der Waals surface area contributed by atoms with Gasteiger partial charge in [0, 0.05) is 24.5 Å². The predicted octanol–water partition coefficient (Wildman–Crippen LogP) is 2.52. The van der Waals surface area contributed by atoms with Gasteiger partial charge in [0.15, 0.2) is 0 Å². The number of nitrogens with zero attached hydrogens (tertiary/aromatic N) is 1. The summed E-state index contributed by atoms with van der Waals surface area (Å²) in [4.78, 5) is 0. The second-order valence-electron chi connectivity index (χ2n) is 4.39. The fraction of sp³-hybridized carbons (Fsp3) is 0.357. The predicted molar refractivity (Wildman–Crippen MR) is 69.7 cm³/mol. The fourth-order valence-corrected chi connectivity index (χ4v) is 1.80. The number of nitrogens with one attached hydrogen (secondary N) is 2. The third kappa shape index (κ3) is 4.04. The molecule has 0 radical (unpaired) electrons. The van der Waals surface area contributed by atoms with Gasteiger partial charge in [0.05, 0.1) is 0 Å². The van der Waals surface area contributed by atoms with Gasteiger partial charge in [0.2, 0.25) is 0 Å². The fourth-order valence-electron chi connectivity index (χ4n) is 1.80. The number of hydrogen-bond donors (Lipinski definition) is 2. The minimum Gasteiger partial charge on any atom is -0.309 e. The first-order chi connectivity index (χ1) is 8.34. The zero-order valence-electron chi connectivity index (χ0n) is 10.2. The molecule has 1 unspecified atom stereocenters. The second kappa shape index (κ2) is 6.21. The summed E-state index contributed by atoms with van der Waals surface area (Å²) in [5, 5.41) is 10.4. The van der Waals surface area contributed by atoms with Gasteiger partial charge in [0.25, 0.3) is 0 Å².